The molecule has 2 fully saturated rings. The number of furan rings is 1. The van der Waals surface area contributed by atoms with Crippen LogP contribution in [0.2, 0.25) is 5.02 Å². The molecule has 2 aromatic heterocycles. The first kappa shape index (κ1) is 24.0. The lowest BCUT2D eigenvalue weighted by atomic mass is 10.0. The number of aromatic nitrogens is 1. The van der Waals surface area contributed by atoms with Gasteiger partial charge in [0.15, 0.2) is 5.11 Å². The van der Waals surface area contributed by atoms with Gasteiger partial charge in [-0.2, -0.15) is 0 Å². The minimum atomic E-state index is -0.225. The summed E-state index contributed by atoms with van der Waals surface area (Å²) in [7, 11) is 0. The highest BCUT2D eigenvalue weighted by Gasteiger charge is 2.42. The van der Waals surface area contributed by atoms with Crippen LogP contribution in [0.25, 0.3) is 11.3 Å². The largest absolute Gasteiger partial charge is 0.490 e. The molecule has 2 aliphatic rings. The molecule has 1 saturated heterocycles. The number of rotatable bonds is 6. The predicted molar refractivity (Wildman–Crippen MR) is 151 cm³/mol. The normalized spacial score (nSPS) is 19.8. The lowest BCUT2D eigenvalue weighted by Crippen LogP contribution is -2.29. The van der Waals surface area contributed by atoms with Gasteiger partial charge in [0, 0.05) is 22.5 Å². The van der Waals surface area contributed by atoms with Crippen molar-refractivity contribution in [1.29, 1.82) is 0 Å². The van der Waals surface area contributed by atoms with Crippen molar-refractivity contribution in [3.63, 3.8) is 0 Å². The smallest absolute Gasteiger partial charge is 0.174 e. The van der Waals surface area contributed by atoms with Crippen LogP contribution in [0.3, 0.4) is 0 Å². The van der Waals surface area contributed by atoms with Crippen LogP contribution in [0, 0.1) is 6.92 Å². The van der Waals surface area contributed by atoms with Crippen molar-refractivity contribution in [2.45, 2.75) is 50.8 Å². The summed E-state index contributed by atoms with van der Waals surface area (Å²) in [6.45, 7) is 2.05. The molecule has 0 amide bonds. The SMILES string of the molecule is Cc1ccc(Cl)cc1-c1ccc([C@@H]2[C@@H](c3ccccn3)NC(=S)N2c2ccc(OC3CCCC3)cc2)o1. The Morgan fingerprint density at radius 1 is 1.03 bits per heavy atom. The Labute approximate surface area is 227 Å². The zero-order valence-corrected chi connectivity index (χ0v) is 22.1. The summed E-state index contributed by atoms with van der Waals surface area (Å²) in [5, 5.41) is 4.80. The van der Waals surface area contributed by atoms with Crippen molar-refractivity contribution in [1.82, 2.24) is 10.3 Å². The molecule has 0 bridgehead atoms. The van der Waals surface area contributed by atoms with Gasteiger partial charge in [0.05, 0.1) is 17.8 Å². The molecule has 1 N–H and O–H groups in total. The van der Waals surface area contributed by atoms with Gasteiger partial charge in [-0.3, -0.25) is 4.98 Å². The van der Waals surface area contributed by atoms with Gasteiger partial charge >= 0.3 is 0 Å². The molecule has 4 aromatic rings. The van der Waals surface area contributed by atoms with E-state index in [1.165, 1.54) is 12.8 Å². The average molecular weight is 530 g/mol. The van der Waals surface area contributed by atoms with Crippen molar-refractivity contribution in [2.24, 2.45) is 0 Å². The molecular weight excluding hydrogens is 502 g/mol. The molecule has 1 saturated carbocycles. The maximum absolute atomic E-state index is 6.50. The van der Waals surface area contributed by atoms with Gasteiger partial charge < -0.3 is 19.4 Å². The molecule has 37 heavy (non-hydrogen) atoms. The average Bonchev–Trinajstić information content (AvgIpc) is 3.67. The number of pyridine rings is 1. The Morgan fingerprint density at radius 3 is 2.59 bits per heavy atom. The summed E-state index contributed by atoms with van der Waals surface area (Å²) >= 11 is 12.2. The van der Waals surface area contributed by atoms with E-state index in [9.17, 15) is 0 Å². The molecule has 7 heteroatoms. The van der Waals surface area contributed by atoms with E-state index in [1.54, 1.807) is 6.20 Å². The van der Waals surface area contributed by atoms with Gasteiger partial charge in [0.25, 0.3) is 0 Å². The molecule has 2 aromatic carbocycles. The maximum Gasteiger partial charge on any atom is 0.174 e. The highest BCUT2D eigenvalue weighted by Crippen LogP contribution is 2.43. The molecule has 0 unspecified atom stereocenters. The predicted octanol–water partition coefficient (Wildman–Crippen LogP) is 7.80. The first-order valence-corrected chi connectivity index (χ1v) is 13.5. The van der Waals surface area contributed by atoms with Crippen LogP contribution in [-0.2, 0) is 0 Å². The highest BCUT2D eigenvalue weighted by atomic mass is 35.5. The van der Waals surface area contributed by atoms with Gasteiger partial charge in [0.2, 0.25) is 0 Å². The van der Waals surface area contributed by atoms with Crippen molar-refractivity contribution >= 4 is 34.6 Å². The maximum atomic E-state index is 6.50. The number of nitrogens with zero attached hydrogens (tertiary/aromatic N) is 2. The van der Waals surface area contributed by atoms with Gasteiger partial charge in [-0.25, -0.2) is 0 Å². The standard InChI is InChI=1S/C30H28ClN3O2S/c1-19-9-10-20(31)18-24(19)26-15-16-27(36-26)29-28(25-8-4-5-17-32-25)33-30(37)34(29)21-11-13-23(14-12-21)35-22-6-2-3-7-22/h4-5,8-18,22,28-29H,2-3,6-7H2,1H3,(H,33,37)/t28-,29-/m1/s1. The van der Waals surface area contributed by atoms with E-state index >= 15 is 0 Å². The number of hydrogen-bond acceptors (Lipinski definition) is 4. The zero-order valence-electron chi connectivity index (χ0n) is 20.6. The fourth-order valence-corrected chi connectivity index (χ4v) is 5.84. The molecule has 1 aliphatic carbocycles. The Kier molecular flexibility index (Phi) is 6.61. The lowest BCUT2D eigenvalue weighted by molar-refractivity contribution is 0.210. The first-order valence-electron chi connectivity index (χ1n) is 12.7. The minimum Gasteiger partial charge on any atom is -0.490 e. The van der Waals surface area contributed by atoms with E-state index in [-0.39, 0.29) is 12.1 Å². The van der Waals surface area contributed by atoms with Crippen LogP contribution >= 0.6 is 23.8 Å². The zero-order chi connectivity index (χ0) is 25.4. The lowest BCUT2D eigenvalue weighted by Gasteiger charge is -2.26. The second-order valence-electron chi connectivity index (χ2n) is 9.68. The van der Waals surface area contributed by atoms with Crippen LogP contribution in [0.5, 0.6) is 5.75 Å². The van der Waals surface area contributed by atoms with Gasteiger partial charge in [-0.05, 0) is 111 Å². The van der Waals surface area contributed by atoms with E-state index < -0.39 is 0 Å². The number of benzene rings is 2. The Balaban J connectivity index is 1.36. The van der Waals surface area contributed by atoms with E-state index in [0.717, 1.165) is 52.6 Å². The van der Waals surface area contributed by atoms with E-state index in [0.29, 0.717) is 16.2 Å². The number of halogens is 1. The number of aryl methyl sites for hydroxylation is 1. The molecule has 5 nitrogen and oxygen atoms in total. The number of ether oxygens (including phenoxy) is 1. The van der Waals surface area contributed by atoms with Crippen LogP contribution in [0.15, 0.2) is 83.4 Å². The molecule has 0 spiro atoms. The molecule has 2 atom stereocenters. The third kappa shape index (κ3) is 4.83. The van der Waals surface area contributed by atoms with E-state index in [1.807, 2.05) is 60.7 Å². The minimum absolute atomic E-state index is 0.178. The molecule has 1 aliphatic heterocycles. The van der Waals surface area contributed by atoms with Crippen LogP contribution in [-0.4, -0.2) is 16.2 Å². The van der Waals surface area contributed by atoms with Gasteiger partial charge in [-0.1, -0.05) is 23.7 Å². The molecule has 0 radical (unpaired) electrons. The summed E-state index contributed by atoms with van der Waals surface area (Å²) < 4.78 is 12.7. The van der Waals surface area contributed by atoms with Crippen molar-refractivity contribution in [3.8, 4) is 17.1 Å². The molecule has 188 valence electrons. The molecule has 3 heterocycles. The Hall–Kier alpha value is -3.35. The number of hydrogen-bond donors (Lipinski definition) is 1. The van der Waals surface area contributed by atoms with Crippen molar-refractivity contribution in [2.75, 3.05) is 4.90 Å². The third-order valence-electron chi connectivity index (χ3n) is 7.20. The number of nitrogens with one attached hydrogen (secondary N) is 1. The third-order valence-corrected chi connectivity index (χ3v) is 7.75. The van der Waals surface area contributed by atoms with E-state index in [4.69, 9.17) is 33.0 Å². The van der Waals surface area contributed by atoms with Gasteiger partial charge in [0.1, 0.15) is 23.3 Å². The number of thiocarbonyl (C=S) groups is 1. The van der Waals surface area contributed by atoms with Crippen LogP contribution < -0.4 is 15.0 Å². The Morgan fingerprint density at radius 2 is 1.84 bits per heavy atom. The monoisotopic (exact) mass is 529 g/mol. The quantitative estimate of drug-likeness (QED) is 0.257. The highest BCUT2D eigenvalue weighted by molar-refractivity contribution is 7.80. The van der Waals surface area contributed by atoms with Gasteiger partial charge in [-0.15, -0.1) is 0 Å². The molecule has 6 rings (SSSR count). The summed E-state index contributed by atoms with van der Waals surface area (Å²) in [6.07, 6.45) is 6.86. The van der Waals surface area contributed by atoms with Crippen molar-refractivity contribution < 1.29 is 9.15 Å². The summed E-state index contributed by atoms with van der Waals surface area (Å²) in [5.74, 6) is 2.46. The summed E-state index contributed by atoms with van der Waals surface area (Å²) in [4.78, 5) is 6.75. The van der Waals surface area contributed by atoms with Crippen molar-refractivity contribution in [3.05, 3.63) is 101 Å². The fourth-order valence-electron chi connectivity index (χ4n) is 5.32. The van der Waals surface area contributed by atoms with Crippen LogP contribution in [0.1, 0.15) is 54.8 Å². The first-order chi connectivity index (χ1) is 18.1. The van der Waals surface area contributed by atoms with E-state index in [2.05, 4.69) is 34.3 Å². The second-order valence-corrected chi connectivity index (χ2v) is 10.5. The fraction of sp³-hybridized carbons (Fsp3) is 0.267. The molecular formula is C30H28ClN3O2S. The Bertz CT molecular complexity index is 1400. The summed E-state index contributed by atoms with van der Waals surface area (Å²) in [6, 6.07) is 23.6. The van der Waals surface area contributed by atoms with Crippen LogP contribution in [0.4, 0.5) is 5.69 Å². The topological polar surface area (TPSA) is 50.5 Å². The second kappa shape index (κ2) is 10.2. The number of anilines is 1. The summed E-state index contributed by atoms with van der Waals surface area (Å²) in [5.41, 5.74) is 3.94.